The minimum absolute atomic E-state index is 0.0115. The number of nitrogens with one attached hydrogen (secondary N) is 1. The fourth-order valence-electron chi connectivity index (χ4n) is 8.78. The number of benzene rings is 2. The highest BCUT2D eigenvalue weighted by Crippen LogP contribution is 2.46. The van der Waals surface area contributed by atoms with E-state index in [-0.39, 0.29) is 76.2 Å². The summed E-state index contributed by atoms with van der Waals surface area (Å²) in [4.78, 5) is 32.2. The number of carbonyl (C=O) groups excluding carboxylic acids is 1. The molecule has 5 fully saturated rings. The first kappa shape index (κ1) is 29.7. The van der Waals surface area contributed by atoms with E-state index in [4.69, 9.17) is 14.5 Å². The molecule has 0 aliphatic carbocycles. The van der Waals surface area contributed by atoms with Crippen LogP contribution in [0.2, 0.25) is 0 Å². The van der Waals surface area contributed by atoms with Crippen molar-refractivity contribution >= 4 is 33.6 Å². The molecule has 4 aromatic rings. The highest BCUT2D eigenvalue weighted by Gasteiger charge is 2.58. The summed E-state index contributed by atoms with van der Waals surface area (Å²) < 4.78 is 58.5. The number of rotatable bonds is 5. The lowest BCUT2D eigenvalue weighted by molar-refractivity contribution is 0.00314. The smallest absolute Gasteiger partial charge is 0.409 e. The Morgan fingerprint density at radius 2 is 1.92 bits per heavy atom. The maximum Gasteiger partial charge on any atom is 0.409 e. The summed E-state index contributed by atoms with van der Waals surface area (Å²) in [5, 5.41) is 14.4. The third kappa shape index (κ3) is 4.55. The van der Waals surface area contributed by atoms with Gasteiger partial charge in [-0.15, -0.1) is 0 Å². The van der Waals surface area contributed by atoms with Gasteiger partial charge in [-0.25, -0.2) is 18.0 Å². The molecular formula is C34H34F3N7O4. The van der Waals surface area contributed by atoms with Crippen LogP contribution in [-0.2, 0) is 4.74 Å². The zero-order valence-corrected chi connectivity index (χ0v) is 26.3. The molecule has 5 unspecified atom stereocenters. The topological polar surface area (TPSA) is 116 Å². The van der Waals surface area contributed by atoms with Crippen molar-refractivity contribution in [3.63, 3.8) is 0 Å². The molecule has 5 aliphatic heterocycles. The summed E-state index contributed by atoms with van der Waals surface area (Å²) in [7, 11) is 1.74. The van der Waals surface area contributed by atoms with Gasteiger partial charge in [0.2, 0.25) is 0 Å². The summed E-state index contributed by atoms with van der Waals surface area (Å²) in [5.74, 6) is -2.89. The molecule has 5 atom stereocenters. The van der Waals surface area contributed by atoms with Crippen molar-refractivity contribution in [3.8, 4) is 23.0 Å². The number of fused-ring (bicyclic) bond motifs is 7. The molecule has 2 N–H and O–H groups in total. The first-order chi connectivity index (χ1) is 23.2. The third-order valence-electron chi connectivity index (χ3n) is 11.0. The van der Waals surface area contributed by atoms with Gasteiger partial charge in [0.1, 0.15) is 35.5 Å². The molecule has 5 saturated heterocycles. The number of hydrogen-bond donors (Lipinski definition) is 2. The fraction of sp³-hybridized carbons (Fsp3) is 0.471. The molecule has 1 amide bonds. The monoisotopic (exact) mass is 661 g/mol. The highest BCUT2D eigenvalue weighted by atomic mass is 19.2. The van der Waals surface area contributed by atoms with Crippen LogP contribution in [0.25, 0.3) is 32.9 Å². The molecule has 14 heteroatoms. The molecule has 0 radical (unpaired) electrons. The van der Waals surface area contributed by atoms with E-state index >= 15 is 8.78 Å². The molecule has 11 nitrogen and oxygen atoms in total. The Bertz CT molecular complexity index is 1990. The van der Waals surface area contributed by atoms with Crippen molar-refractivity contribution in [2.75, 3.05) is 44.7 Å². The SMILES string of the molecule is CN1CC2C(CC3(COc4nc(N5CC6CCC(C5)N6)c5cnc(-c6cc(O)cc7ccc(F)c(F)c67)c(F)c5n4)CCCN23)OC1=O. The molecule has 5 aliphatic rings. The van der Waals surface area contributed by atoms with Crippen molar-refractivity contribution in [2.45, 2.75) is 61.9 Å². The molecule has 7 heterocycles. The third-order valence-corrected chi connectivity index (χ3v) is 11.0. The van der Waals surface area contributed by atoms with Crippen LogP contribution in [0.3, 0.4) is 0 Å². The van der Waals surface area contributed by atoms with Gasteiger partial charge in [0, 0.05) is 62.3 Å². The van der Waals surface area contributed by atoms with Crippen LogP contribution in [0, 0.1) is 17.5 Å². The number of amides is 1. The lowest BCUT2D eigenvalue weighted by atomic mass is 9.94. The number of anilines is 1. The van der Waals surface area contributed by atoms with Gasteiger partial charge in [-0.1, -0.05) is 6.07 Å². The summed E-state index contributed by atoms with van der Waals surface area (Å²) in [6.45, 7) is 2.96. The van der Waals surface area contributed by atoms with Crippen molar-refractivity contribution < 1.29 is 32.5 Å². The van der Waals surface area contributed by atoms with Crippen LogP contribution in [0.15, 0.2) is 30.5 Å². The number of halogens is 3. The Balaban J connectivity index is 1.14. The number of piperazine rings is 1. The van der Waals surface area contributed by atoms with Gasteiger partial charge in [0.25, 0.3) is 0 Å². The van der Waals surface area contributed by atoms with E-state index in [9.17, 15) is 14.3 Å². The Morgan fingerprint density at radius 3 is 2.73 bits per heavy atom. The largest absolute Gasteiger partial charge is 0.508 e. The van der Waals surface area contributed by atoms with E-state index in [0.29, 0.717) is 37.3 Å². The number of hydrogen-bond acceptors (Lipinski definition) is 10. The number of phenolic OH excluding ortho intramolecular Hbond substituents is 1. The van der Waals surface area contributed by atoms with Gasteiger partial charge in [-0.3, -0.25) is 9.88 Å². The fourth-order valence-corrected chi connectivity index (χ4v) is 8.78. The number of phenols is 1. The number of aromatic nitrogens is 3. The van der Waals surface area contributed by atoms with Crippen LogP contribution in [0.1, 0.15) is 32.1 Å². The second-order valence-electron chi connectivity index (χ2n) is 13.9. The maximum atomic E-state index is 16.8. The normalized spacial score (nSPS) is 28.3. The Hall–Kier alpha value is -4.43. The minimum atomic E-state index is -1.16. The zero-order chi connectivity index (χ0) is 32.9. The number of carbonyl (C=O) groups is 1. The molecule has 2 aromatic carbocycles. The summed E-state index contributed by atoms with van der Waals surface area (Å²) >= 11 is 0. The Morgan fingerprint density at radius 1 is 1.10 bits per heavy atom. The Labute approximate surface area is 273 Å². The molecule has 48 heavy (non-hydrogen) atoms. The molecular weight excluding hydrogens is 627 g/mol. The molecule has 9 rings (SSSR count). The van der Waals surface area contributed by atoms with E-state index < -0.39 is 23.0 Å². The number of pyridine rings is 1. The predicted molar refractivity (Wildman–Crippen MR) is 169 cm³/mol. The van der Waals surface area contributed by atoms with Gasteiger partial charge in [-0.05, 0) is 55.8 Å². The minimum Gasteiger partial charge on any atom is -0.508 e. The number of ether oxygens (including phenoxy) is 2. The van der Waals surface area contributed by atoms with Gasteiger partial charge in [-0.2, -0.15) is 9.97 Å². The quantitative estimate of drug-likeness (QED) is 0.320. The van der Waals surface area contributed by atoms with E-state index in [0.717, 1.165) is 38.3 Å². The van der Waals surface area contributed by atoms with Gasteiger partial charge < -0.3 is 29.7 Å². The van der Waals surface area contributed by atoms with Crippen molar-refractivity contribution in [2.24, 2.45) is 0 Å². The second kappa shape index (κ2) is 10.8. The van der Waals surface area contributed by atoms with Crippen LogP contribution in [0.4, 0.5) is 23.8 Å². The first-order valence-electron chi connectivity index (χ1n) is 16.5. The Kier molecular flexibility index (Phi) is 6.67. The highest BCUT2D eigenvalue weighted by molar-refractivity contribution is 6.00. The second-order valence-corrected chi connectivity index (χ2v) is 13.9. The van der Waals surface area contributed by atoms with Gasteiger partial charge in [0.15, 0.2) is 17.5 Å². The molecule has 250 valence electrons. The molecule has 0 saturated carbocycles. The van der Waals surface area contributed by atoms with E-state index in [1.54, 1.807) is 11.9 Å². The molecule has 2 bridgehead atoms. The summed E-state index contributed by atoms with van der Waals surface area (Å²) in [5.41, 5.74) is -0.846. The van der Waals surface area contributed by atoms with Crippen LogP contribution < -0.4 is 15.0 Å². The average Bonchev–Trinajstić information content (AvgIpc) is 3.72. The van der Waals surface area contributed by atoms with Crippen LogP contribution in [-0.4, -0.2) is 106 Å². The lowest BCUT2D eigenvalue weighted by Gasteiger charge is -2.37. The van der Waals surface area contributed by atoms with E-state index in [2.05, 4.69) is 25.1 Å². The van der Waals surface area contributed by atoms with Crippen molar-refractivity contribution in [1.82, 2.24) is 30.1 Å². The number of aromatic hydroxyl groups is 1. The van der Waals surface area contributed by atoms with Crippen LogP contribution in [0.5, 0.6) is 11.8 Å². The zero-order valence-electron chi connectivity index (χ0n) is 26.3. The number of nitrogens with zero attached hydrogens (tertiary/aromatic N) is 6. The van der Waals surface area contributed by atoms with Crippen molar-refractivity contribution in [1.29, 1.82) is 0 Å². The first-order valence-corrected chi connectivity index (χ1v) is 16.5. The standard InChI is InChI=1S/C34H34F3N7O4/c1-42-15-24-25(48-33(42)46)11-34(7-2-8-44(24)34)16-47-32-40-30-22(31(41-32)43-13-18-4-5-19(14-43)39-18)12-38-29(28(30)37)21-10-20(45)9-17-3-6-23(35)27(36)26(17)21/h3,6,9-10,12,18-19,24-25,39,45H,2,4-5,7-8,11,13-16H2,1H3. The van der Waals surface area contributed by atoms with E-state index in [1.165, 1.54) is 24.4 Å². The van der Waals surface area contributed by atoms with Crippen molar-refractivity contribution in [3.05, 3.63) is 47.9 Å². The van der Waals surface area contributed by atoms with Gasteiger partial charge >= 0.3 is 12.1 Å². The van der Waals surface area contributed by atoms with Crippen LogP contribution >= 0.6 is 0 Å². The lowest BCUT2D eigenvalue weighted by Crippen LogP contribution is -2.54. The number of likely N-dealkylation sites (N-methyl/N-ethyl adjacent to an activating group) is 1. The van der Waals surface area contributed by atoms with E-state index in [1.807, 2.05) is 0 Å². The van der Waals surface area contributed by atoms with Gasteiger partial charge in [0.05, 0.1) is 17.0 Å². The summed E-state index contributed by atoms with van der Waals surface area (Å²) in [6.07, 6.45) is 5.36. The predicted octanol–water partition coefficient (Wildman–Crippen LogP) is 4.34. The molecule has 2 aromatic heterocycles. The average molecular weight is 662 g/mol. The summed E-state index contributed by atoms with van der Waals surface area (Å²) in [6, 6.07) is 5.31. The molecule has 0 spiro atoms. The maximum absolute atomic E-state index is 16.8.